The van der Waals surface area contributed by atoms with Crippen LogP contribution in [0.5, 0.6) is 0 Å². The molecule has 0 bridgehead atoms. The number of methoxy groups -OCH3 is 1. The Labute approximate surface area is 125 Å². The maximum absolute atomic E-state index is 12.5. The highest BCUT2D eigenvalue weighted by molar-refractivity contribution is 7.89. The number of aryl methyl sites for hydroxylation is 1. The zero-order valence-electron chi connectivity index (χ0n) is 12.8. The van der Waals surface area contributed by atoms with E-state index in [2.05, 4.69) is 20.2 Å². The lowest BCUT2D eigenvalue weighted by molar-refractivity contribution is 0.161. The van der Waals surface area contributed by atoms with Crippen LogP contribution >= 0.6 is 0 Å². The third-order valence-electron chi connectivity index (χ3n) is 3.44. The summed E-state index contributed by atoms with van der Waals surface area (Å²) in [5.74, 6) is 0.116. The Morgan fingerprint density at radius 1 is 1.48 bits per heavy atom. The van der Waals surface area contributed by atoms with Gasteiger partial charge in [0, 0.05) is 32.8 Å². The van der Waals surface area contributed by atoms with Crippen LogP contribution in [0, 0.1) is 12.8 Å². The predicted molar refractivity (Wildman–Crippen MR) is 79.4 cm³/mol. The van der Waals surface area contributed by atoms with E-state index in [4.69, 9.17) is 4.74 Å². The van der Waals surface area contributed by atoms with E-state index < -0.39 is 10.0 Å². The summed E-state index contributed by atoms with van der Waals surface area (Å²) in [6, 6.07) is 0.507. The van der Waals surface area contributed by atoms with Gasteiger partial charge in [0.25, 0.3) is 0 Å². The molecule has 1 fully saturated rings. The van der Waals surface area contributed by atoms with Gasteiger partial charge in [-0.05, 0) is 25.7 Å². The molecule has 0 spiro atoms. The molecule has 8 heteroatoms. The fraction of sp³-hybridized carbons (Fsp3) is 0.769. The number of hydrogen-bond acceptors (Lipinski definition) is 5. The molecule has 21 heavy (non-hydrogen) atoms. The molecule has 1 aliphatic rings. The number of nitrogens with zero attached hydrogens (tertiary/aromatic N) is 1. The molecule has 0 aliphatic heterocycles. The molecule has 1 unspecified atom stereocenters. The number of H-pyrrole nitrogens is 1. The Bertz CT molecular complexity index is 566. The Balaban J connectivity index is 2.05. The van der Waals surface area contributed by atoms with E-state index in [0.717, 1.165) is 12.8 Å². The van der Waals surface area contributed by atoms with Crippen molar-refractivity contribution in [1.29, 1.82) is 0 Å². The van der Waals surface area contributed by atoms with Crippen molar-refractivity contribution in [2.45, 2.75) is 44.2 Å². The van der Waals surface area contributed by atoms with Gasteiger partial charge in [-0.3, -0.25) is 5.10 Å². The Hall–Kier alpha value is -0.960. The summed E-state index contributed by atoms with van der Waals surface area (Å²) in [6.07, 6.45) is 2.30. The number of aromatic nitrogens is 2. The number of rotatable bonds is 9. The van der Waals surface area contributed by atoms with Crippen molar-refractivity contribution in [1.82, 2.24) is 20.2 Å². The van der Waals surface area contributed by atoms with Gasteiger partial charge in [0.1, 0.15) is 4.90 Å². The minimum atomic E-state index is -3.56. The van der Waals surface area contributed by atoms with Crippen molar-refractivity contribution in [2.24, 2.45) is 5.92 Å². The molecule has 1 saturated carbocycles. The first-order chi connectivity index (χ1) is 9.94. The maximum Gasteiger partial charge on any atom is 0.244 e. The van der Waals surface area contributed by atoms with E-state index in [0.29, 0.717) is 37.1 Å². The van der Waals surface area contributed by atoms with Crippen molar-refractivity contribution in [2.75, 3.05) is 20.3 Å². The number of aromatic amines is 1. The van der Waals surface area contributed by atoms with Crippen LogP contribution in [-0.4, -0.2) is 44.9 Å². The molecule has 1 aromatic rings. The summed E-state index contributed by atoms with van der Waals surface area (Å²) in [5.41, 5.74) is 1.11. The minimum Gasteiger partial charge on any atom is -0.384 e. The first kappa shape index (κ1) is 16.4. The fourth-order valence-electron chi connectivity index (χ4n) is 2.14. The molecule has 1 atom stereocenters. The molecule has 1 aromatic heterocycles. The SMILES string of the molecule is COCC(C)CNS(=O)(=O)c1c(CNC2CC2)n[nH]c1C. The van der Waals surface area contributed by atoms with Crippen LogP contribution in [0.4, 0.5) is 0 Å². The maximum atomic E-state index is 12.5. The van der Waals surface area contributed by atoms with E-state index >= 15 is 0 Å². The molecule has 1 heterocycles. The minimum absolute atomic E-state index is 0.116. The highest BCUT2D eigenvalue weighted by Gasteiger charge is 2.26. The van der Waals surface area contributed by atoms with Crippen molar-refractivity contribution in [3.63, 3.8) is 0 Å². The van der Waals surface area contributed by atoms with E-state index in [1.807, 2.05) is 6.92 Å². The zero-order chi connectivity index (χ0) is 15.5. The summed E-state index contributed by atoms with van der Waals surface area (Å²) < 4.78 is 32.6. The molecule has 0 saturated heterocycles. The largest absolute Gasteiger partial charge is 0.384 e. The van der Waals surface area contributed by atoms with Crippen molar-refractivity contribution < 1.29 is 13.2 Å². The van der Waals surface area contributed by atoms with Gasteiger partial charge in [0.2, 0.25) is 10.0 Å². The second kappa shape index (κ2) is 6.87. The summed E-state index contributed by atoms with van der Waals surface area (Å²) in [5, 5.41) is 10.2. The van der Waals surface area contributed by atoms with Gasteiger partial charge >= 0.3 is 0 Å². The lowest BCUT2D eigenvalue weighted by Crippen LogP contribution is -2.31. The van der Waals surface area contributed by atoms with Crippen molar-refractivity contribution in [3.05, 3.63) is 11.4 Å². The standard InChI is InChI=1S/C13H24N4O3S/c1-9(8-20-3)6-15-21(18,19)13-10(2)16-17-12(13)7-14-11-4-5-11/h9,11,14-15H,4-8H2,1-3H3,(H,16,17). The van der Waals surface area contributed by atoms with Gasteiger partial charge in [-0.1, -0.05) is 6.92 Å². The van der Waals surface area contributed by atoms with Crippen LogP contribution < -0.4 is 10.0 Å². The third kappa shape index (κ3) is 4.50. The molecule has 2 rings (SSSR count). The van der Waals surface area contributed by atoms with Crippen LogP contribution in [0.3, 0.4) is 0 Å². The first-order valence-corrected chi connectivity index (χ1v) is 8.68. The van der Waals surface area contributed by atoms with Gasteiger partial charge in [0.05, 0.1) is 11.4 Å². The summed E-state index contributed by atoms with van der Waals surface area (Å²) in [6.45, 7) is 4.99. The van der Waals surface area contributed by atoms with Crippen LogP contribution in [0.15, 0.2) is 4.90 Å². The van der Waals surface area contributed by atoms with Gasteiger partial charge in [-0.25, -0.2) is 13.1 Å². The van der Waals surface area contributed by atoms with E-state index in [-0.39, 0.29) is 10.8 Å². The Kier molecular flexibility index (Phi) is 5.37. The number of ether oxygens (including phenoxy) is 1. The monoisotopic (exact) mass is 316 g/mol. The summed E-state index contributed by atoms with van der Waals surface area (Å²) in [7, 11) is -1.95. The first-order valence-electron chi connectivity index (χ1n) is 7.20. The average molecular weight is 316 g/mol. The summed E-state index contributed by atoms with van der Waals surface area (Å²) >= 11 is 0. The van der Waals surface area contributed by atoms with Gasteiger partial charge in [0.15, 0.2) is 0 Å². The molecule has 0 amide bonds. The molecule has 3 N–H and O–H groups in total. The molecular formula is C13H24N4O3S. The lowest BCUT2D eigenvalue weighted by Gasteiger charge is -2.12. The van der Waals surface area contributed by atoms with Gasteiger partial charge in [-0.2, -0.15) is 5.10 Å². The highest BCUT2D eigenvalue weighted by Crippen LogP contribution is 2.22. The molecule has 1 aliphatic carbocycles. The molecule has 0 aromatic carbocycles. The predicted octanol–water partition coefficient (Wildman–Crippen LogP) is 0.531. The normalized spacial score (nSPS) is 17.1. The van der Waals surface area contributed by atoms with Crippen LogP contribution in [0.25, 0.3) is 0 Å². The highest BCUT2D eigenvalue weighted by atomic mass is 32.2. The smallest absolute Gasteiger partial charge is 0.244 e. The van der Waals surface area contributed by atoms with Crippen LogP contribution in [0.1, 0.15) is 31.2 Å². The lowest BCUT2D eigenvalue weighted by atomic mass is 10.2. The number of hydrogen-bond donors (Lipinski definition) is 3. The zero-order valence-corrected chi connectivity index (χ0v) is 13.6. The van der Waals surface area contributed by atoms with E-state index in [1.165, 1.54) is 0 Å². The van der Waals surface area contributed by atoms with Gasteiger partial charge < -0.3 is 10.1 Å². The number of sulfonamides is 1. The van der Waals surface area contributed by atoms with Gasteiger partial charge in [-0.15, -0.1) is 0 Å². The second-order valence-electron chi connectivity index (χ2n) is 5.69. The molecule has 7 nitrogen and oxygen atoms in total. The quantitative estimate of drug-likeness (QED) is 0.617. The van der Waals surface area contributed by atoms with E-state index in [1.54, 1.807) is 14.0 Å². The molecule has 0 radical (unpaired) electrons. The van der Waals surface area contributed by atoms with Crippen molar-refractivity contribution >= 4 is 10.0 Å². The Morgan fingerprint density at radius 2 is 2.19 bits per heavy atom. The van der Waals surface area contributed by atoms with Crippen LogP contribution in [0.2, 0.25) is 0 Å². The number of nitrogens with one attached hydrogen (secondary N) is 3. The molecular weight excluding hydrogens is 292 g/mol. The fourth-order valence-corrected chi connectivity index (χ4v) is 3.67. The second-order valence-corrected chi connectivity index (χ2v) is 7.40. The Morgan fingerprint density at radius 3 is 2.81 bits per heavy atom. The summed E-state index contributed by atoms with van der Waals surface area (Å²) in [4.78, 5) is 0.264. The van der Waals surface area contributed by atoms with Crippen LogP contribution in [-0.2, 0) is 21.3 Å². The average Bonchev–Trinajstić information content (AvgIpc) is 3.17. The third-order valence-corrected chi connectivity index (χ3v) is 5.06. The van der Waals surface area contributed by atoms with Crippen molar-refractivity contribution in [3.8, 4) is 0 Å². The molecule has 120 valence electrons. The topological polar surface area (TPSA) is 96.1 Å². The van der Waals surface area contributed by atoms with E-state index in [9.17, 15) is 8.42 Å².